The Kier molecular flexibility index (Phi) is 3.64. The minimum atomic E-state index is -0.647. The van der Waals surface area contributed by atoms with Gasteiger partial charge in [-0.15, -0.1) is 11.3 Å². The van der Waals surface area contributed by atoms with Crippen LogP contribution in [0.5, 0.6) is 0 Å². The molecule has 0 bridgehead atoms. The Labute approximate surface area is 112 Å². The molecule has 3 heteroatoms. The maximum Gasteiger partial charge on any atom is 0.146 e. The van der Waals surface area contributed by atoms with E-state index in [2.05, 4.69) is 26.8 Å². The monoisotopic (exact) mass is 264 g/mol. The van der Waals surface area contributed by atoms with Crippen LogP contribution in [0.4, 0.5) is 0 Å². The zero-order chi connectivity index (χ0) is 13.3. The molecule has 0 spiro atoms. The van der Waals surface area contributed by atoms with Crippen molar-refractivity contribution in [2.24, 2.45) is 0 Å². The van der Waals surface area contributed by atoms with Crippen LogP contribution < -0.4 is 0 Å². The van der Waals surface area contributed by atoms with E-state index in [1.54, 1.807) is 11.3 Å². The third-order valence-electron chi connectivity index (χ3n) is 2.94. The van der Waals surface area contributed by atoms with Crippen molar-refractivity contribution in [2.45, 2.75) is 45.6 Å². The predicted molar refractivity (Wildman–Crippen MR) is 75.2 cm³/mol. The van der Waals surface area contributed by atoms with E-state index >= 15 is 0 Å². The van der Waals surface area contributed by atoms with Crippen LogP contribution in [0.2, 0.25) is 0 Å². The summed E-state index contributed by atoms with van der Waals surface area (Å²) in [5.74, 6) is 1.55. The van der Waals surface area contributed by atoms with Gasteiger partial charge in [-0.05, 0) is 29.7 Å². The van der Waals surface area contributed by atoms with Crippen molar-refractivity contribution in [1.29, 1.82) is 0 Å². The summed E-state index contributed by atoms with van der Waals surface area (Å²) in [6, 6.07) is 7.87. The van der Waals surface area contributed by atoms with E-state index in [-0.39, 0.29) is 5.41 Å². The number of hydrogen-bond acceptors (Lipinski definition) is 3. The van der Waals surface area contributed by atoms with E-state index in [0.29, 0.717) is 5.76 Å². The first-order valence-corrected chi connectivity index (χ1v) is 7.10. The second-order valence-corrected chi connectivity index (χ2v) is 6.63. The summed E-state index contributed by atoms with van der Waals surface area (Å²) in [5, 5.41) is 10.3. The fourth-order valence-corrected chi connectivity index (χ4v) is 2.83. The molecule has 1 unspecified atom stereocenters. The largest absolute Gasteiger partial charge is 0.463 e. The van der Waals surface area contributed by atoms with Crippen LogP contribution in [0, 0.1) is 0 Å². The summed E-state index contributed by atoms with van der Waals surface area (Å²) in [5.41, 5.74) is 0.125. The fourth-order valence-electron chi connectivity index (χ4n) is 1.77. The molecule has 2 heterocycles. The average molecular weight is 264 g/mol. The molecule has 0 fully saturated rings. The van der Waals surface area contributed by atoms with Crippen LogP contribution in [-0.2, 0) is 11.8 Å². The van der Waals surface area contributed by atoms with Gasteiger partial charge in [0.25, 0.3) is 0 Å². The second-order valence-electron chi connectivity index (χ2n) is 5.51. The number of aliphatic hydroxyl groups excluding tert-OH is 1. The maximum atomic E-state index is 10.3. The Balaban J connectivity index is 2.23. The van der Waals surface area contributed by atoms with Crippen molar-refractivity contribution in [2.75, 3.05) is 0 Å². The summed E-state index contributed by atoms with van der Waals surface area (Å²) in [6.45, 7) is 8.57. The molecule has 0 saturated carbocycles. The van der Waals surface area contributed by atoms with Gasteiger partial charge in [-0.25, -0.2) is 0 Å². The van der Waals surface area contributed by atoms with Gasteiger partial charge in [0.2, 0.25) is 0 Å². The van der Waals surface area contributed by atoms with E-state index in [0.717, 1.165) is 17.1 Å². The number of rotatable bonds is 3. The van der Waals surface area contributed by atoms with Gasteiger partial charge < -0.3 is 9.52 Å². The Morgan fingerprint density at radius 3 is 2.44 bits per heavy atom. The van der Waals surface area contributed by atoms with Crippen LogP contribution in [0.25, 0.3) is 0 Å². The summed E-state index contributed by atoms with van der Waals surface area (Å²) >= 11 is 1.65. The molecule has 0 aliphatic heterocycles. The van der Waals surface area contributed by atoms with Crippen molar-refractivity contribution in [3.63, 3.8) is 0 Å². The lowest BCUT2D eigenvalue weighted by Crippen LogP contribution is -2.07. The molecule has 2 aromatic rings. The van der Waals surface area contributed by atoms with Crippen LogP contribution in [-0.4, -0.2) is 5.11 Å². The van der Waals surface area contributed by atoms with Gasteiger partial charge in [-0.3, -0.25) is 0 Å². The smallest absolute Gasteiger partial charge is 0.146 e. The van der Waals surface area contributed by atoms with E-state index in [1.165, 1.54) is 4.88 Å². The van der Waals surface area contributed by atoms with Crippen molar-refractivity contribution >= 4 is 11.3 Å². The molecule has 0 aliphatic rings. The quantitative estimate of drug-likeness (QED) is 0.897. The molecule has 2 aromatic heterocycles. The summed E-state index contributed by atoms with van der Waals surface area (Å²) in [6.07, 6.45) is 0.205. The lowest BCUT2D eigenvalue weighted by molar-refractivity contribution is 0.190. The molecule has 0 aliphatic carbocycles. The Hall–Kier alpha value is -1.06. The lowest BCUT2D eigenvalue weighted by atomic mass is 9.95. The van der Waals surface area contributed by atoms with Gasteiger partial charge in [0.15, 0.2) is 0 Å². The zero-order valence-electron chi connectivity index (χ0n) is 11.4. The molecular formula is C15H20O2S. The highest BCUT2D eigenvalue weighted by molar-refractivity contribution is 7.12. The molecule has 0 radical (unpaired) electrons. The molecule has 0 amide bonds. The number of aryl methyl sites for hydroxylation is 1. The first-order chi connectivity index (χ1) is 8.41. The average Bonchev–Trinajstić information content (AvgIpc) is 2.96. The van der Waals surface area contributed by atoms with Gasteiger partial charge in [0.1, 0.15) is 17.6 Å². The van der Waals surface area contributed by atoms with Gasteiger partial charge >= 0.3 is 0 Å². The fraction of sp³-hybridized carbons (Fsp3) is 0.467. The van der Waals surface area contributed by atoms with E-state index in [1.807, 2.05) is 25.1 Å². The lowest BCUT2D eigenvalue weighted by Gasteiger charge is -2.15. The van der Waals surface area contributed by atoms with Crippen molar-refractivity contribution < 1.29 is 9.52 Å². The van der Waals surface area contributed by atoms with E-state index in [4.69, 9.17) is 4.42 Å². The molecule has 98 valence electrons. The van der Waals surface area contributed by atoms with Gasteiger partial charge in [-0.2, -0.15) is 0 Å². The highest BCUT2D eigenvalue weighted by Crippen LogP contribution is 2.35. The molecule has 1 atom stereocenters. The molecule has 0 aromatic carbocycles. The summed E-state index contributed by atoms with van der Waals surface area (Å²) in [4.78, 5) is 2.22. The summed E-state index contributed by atoms with van der Waals surface area (Å²) < 4.78 is 5.60. The van der Waals surface area contributed by atoms with E-state index < -0.39 is 6.10 Å². The van der Waals surface area contributed by atoms with Crippen molar-refractivity contribution in [3.8, 4) is 0 Å². The standard InChI is InChI=1S/C15H20O2S/c1-5-10-6-7-11(17-10)14(16)12-8-9-13(18-12)15(2,3)4/h6-9,14,16H,5H2,1-4H3. The third kappa shape index (κ3) is 2.68. The van der Waals surface area contributed by atoms with Crippen molar-refractivity contribution in [3.05, 3.63) is 45.5 Å². The normalized spacial score (nSPS) is 13.8. The minimum absolute atomic E-state index is 0.125. The maximum absolute atomic E-state index is 10.3. The second kappa shape index (κ2) is 4.90. The molecule has 0 saturated heterocycles. The van der Waals surface area contributed by atoms with Gasteiger partial charge in [-0.1, -0.05) is 27.7 Å². The highest BCUT2D eigenvalue weighted by atomic mass is 32.1. The Morgan fingerprint density at radius 1 is 1.22 bits per heavy atom. The SMILES string of the molecule is CCc1ccc(C(O)c2ccc(C(C)(C)C)s2)o1. The molecule has 2 rings (SSSR count). The molecule has 18 heavy (non-hydrogen) atoms. The van der Waals surface area contributed by atoms with Crippen LogP contribution in [0.3, 0.4) is 0 Å². The number of hydrogen-bond donors (Lipinski definition) is 1. The first-order valence-electron chi connectivity index (χ1n) is 6.28. The number of aliphatic hydroxyl groups is 1. The van der Waals surface area contributed by atoms with Gasteiger partial charge in [0, 0.05) is 16.2 Å². The molecular weight excluding hydrogens is 244 g/mol. The minimum Gasteiger partial charge on any atom is -0.463 e. The summed E-state index contributed by atoms with van der Waals surface area (Å²) in [7, 11) is 0. The highest BCUT2D eigenvalue weighted by Gasteiger charge is 2.21. The van der Waals surface area contributed by atoms with Crippen LogP contribution in [0.1, 0.15) is 55.1 Å². The van der Waals surface area contributed by atoms with Crippen molar-refractivity contribution in [1.82, 2.24) is 0 Å². The zero-order valence-corrected chi connectivity index (χ0v) is 12.2. The molecule has 1 N–H and O–H groups in total. The topological polar surface area (TPSA) is 33.4 Å². The third-order valence-corrected chi connectivity index (χ3v) is 4.50. The number of thiophene rings is 1. The first kappa shape index (κ1) is 13.4. The van der Waals surface area contributed by atoms with E-state index in [9.17, 15) is 5.11 Å². The number of furan rings is 1. The molecule has 2 nitrogen and oxygen atoms in total. The Morgan fingerprint density at radius 2 is 1.94 bits per heavy atom. The van der Waals surface area contributed by atoms with Crippen LogP contribution in [0.15, 0.2) is 28.7 Å². The van der Waals surface area contributed by atoms with Gasteiger partial charge in [0.05, 0.1) is 0 Å². The predicted octanol–water partition coefficient (Wildman–Crippen LogP) is 4.28. The van der Waals surface area contributed by atoms with Crippen LogP contribution >= 0.6 is 11.3 Å². The Bertz CT molecular complexity index is 517.